The summed E-state index contributed by atoms with van der Waals surface area (Å²) in [5.74, 6) is 0. The Bertz CT molecular complexity index is 433. The molecule has 0 saturated carbocycles. The Morgan fingerprint density at radius 3 is 2.85 bits per heavy atom. The fourth-order valence-electron chi connectivity index (χ4n) is 2.84. The van der Waals surface area contributed by atoms with Crippen LogP contribution in [-0.2, 0) is 6.42 Å². The van der Waals surface area contributed by atoms with Gasteiger partial charge in [0, 0.05) is 25.3 Å². The Morgan fingerprint density at radius 2 is 2.00 bits per heavy atom. The summed E-state index contributed by atoms with van der Waals surface area (Å²) in [6.07, 6.45) is 7.06. The third-order valence-electron chi connectivity index (χ3n) is 3.86. The summed E-state index contributed by atoms with van der Waals surface area (Å²) in [5, 5.41) is 2.63. The van der Waals surface area contributed by atoms with Gasteiger partial charge in [-0.3, -0.25) is 0 Å². The van der Waals surface area contributed by atoms with Gasteiger partial charge < -0.3 is 16.0 Å². The predicted molar refractivity (Wildman–Crippen MR) is 83.0 cm³/mol. The maximum absolute atomic E-state index is 10.5. The highest BCUT2D eigenvalue weighted by atomic mass is 16.2. The minimum atomic E-state index is -0.421. The molecule has 0 aromatic heterocycles. The van der Waals surface area contributed by atoms with Gasteiger partial charge in [0.1, 0.15) is 0 Å². The molecule has 0 radical (unpaired) electrons. The van der Waals surface area contributed by atoms with Crippen molar-refractivity contribution in [1.29, 1.82) is 0 Å². The number of nitrogens with one attached hydrogen (secondary N) is 1. The van der Waals surface area contributed by atoms with Gasteiger partial charge in [0.25, 0.3) is 0 Å². The third kappa shape index (κ3) is 4.44. The quantitative estimate of drug-likeness (QED) is 0.752. The largest absolute Gasteiger partial charge is 0.371 e. The van der Waals surface area contributed by atoms with Crippen LogP contribution in [0.3, 0.4) is 0 Å². The van der Waals surface area contributed by atoms with E-state index >= 15 is 0 Å². The van der Waals surface area contributed by atoms with Gasteiger partial charge in [0.15, 0.2) is 0 Å². The molecule has 0 aliphatic carbocycles. The van der Waals surface area contributed by atoms with Crippen LogP contribution in [0.1, 0.15) is 37.7 Å². The number of nitrogens with zero attached hydrogens (tertiary/aromatic N) is 1. The lowest BCUT2D eigenvalue weighted by Gasteiger charge is -2.31. The molecule has 1 aliphatic heterocycles. The zero-order chi connectivity index (χ0) is 14.2. The van der Waals surface area contributed by atoms with Crippen molar-refractivity contribution in [1.82, 2.24) is 5.32 Å². The number of nitrogens with two attached hydrogens (primary N) is 1. The van der Waals surface area contributed by atoms with Gasteiger partial charge in [0.05, 0.1) is 0 Å². The number of fused-ring (bicyclic) bond motifs is 1. The van der Waals surface area contributed by atoms with Crippen LogP contribution in [-0.4, -0.2) is 25.7 Å². The first-order chi connectivity index (χ1) is 9.77. The van der Waals surface area contributed by atoms with Crippen LogP contribution < -0.4 is 16.0 Å². The van der Waals surface area contributed by atoms with Crippen molar-refractivity contribution in [3.05, 3.63) is 29.8 Å². The van der Waals surface area contributed by atoms with E-state index in [1.165, 1.54) is 43.5 Å². The van der Waals surface area contributed by atoms with E-state index in [9.17, 15) is 4.79 Å². The number of amides is 2. The van der Waals surface area contributed by atoms with E-state index in [1.54, 1.807) is 0 Å². The molecule has 110 valence electrons. The smallest absolute Gasteiger partial charge is 0.312 e. The minimum absolute atomic E-state index is 0.421. The monoisotopic (exact) mass is 275 g/mol. The summed E-state index contributed by atoms with van der Waals surface area (Å²) in [5.41, 5.74) is 7.93. The number of carbonyl (C=O) groups excluding carboxylic acids is 1. The molecule has 2 amide bonds. The SMILES string of the molecule is NC(=O)NCCCCCCN1CCCc2ccccc21. The average Bonchev–Trinajstić information content (AvgIpc) is 2.46. The molecule has 0 spiro atoms. The van der Waals surface area contributed by atoms with E-state index in [0.717, 1.165) is 19.4 Å². The van der Waals surface area contributed by atoms with Crippen LogP contribution in [0, 0.1) is 0 Å². The van der Waals surface area contributed by atoms with Crippen molar-refractivity contribution in [3.63, 3.8) is 0 Å². The molecule has 1 aromatic rings. The number of rotatable bonds is 7. The van der Waals surface area contributed by atoms with E-state index < -0.39 is 6.03 Å². The summed E-state index contributed by atoms with van der Waals surface area (Å²) < 4.78 is 0. The van der Waals surface area contributed by atoms with Crippen LogP contribution in [0.15, 0.2) is 24.3 Å². The zero-order valence-electron chi connectivity index (χ0n) is 12.1. The second-order valence-electron chi connectivity index (χ2n) is 5.42. The second kappa shape index (κ2) is 7.78. The van der Waals surface area contributed by atoms with E-state index in [-0.39, 0.29) is 0 Å². The molecule has 0 saturated heterocycles. The van der Waals surface area contributed by atoms with E-state index in [1.807, 2.05) is 0 Å². The summed E-state index contributed by atoms with van der Waals surface area (Å²) in [6.45, 7) is 3.02. The molecule has 4 heteroatoms. The highest BCUT2D eigenvalue weighted by Gasteiger charge is 2.15. The maximum atomic E-state index is 10.5. The first-order valence-electron chi connectivity index (χ1n) is 7.63. The van der Waals surface area contributed by atoms with E-state index in [0.29, 0.717) is 6.54 Å². The molecule has 1 aromatic carbocycles. The number of anilines is 1. The van der Waals surface area contributed by atoms with E-state index in [2.05, 4.69) is 34.5 Å². The standard InChI is InChI=1S/C16H25N3O/c17-16(20)18-11-5-1-2-6-12-19-13-7-9-14-8-3-4-10-15(14)19/h3-4,8,10H,1-2,5-7,9,11-13H2,(H3,17,18,20). The number of urea groups is 1. The Morgan fingerprint density at radius 1 is 1.20 bits per heavy atom. The molecule has 1 heterocycles. The Labute approximate surface area is 121 Å². The summed E-state index contributed by atoms with van der Waals surface area (Å²) in [4.78, 5) is 13.0. The van der Waals surface area contributed by atoms with Crippen LogP contribution in [0.4, 0.5) is 10.5 Å². The van der Waals surface area contributed by atoms with Crippen LogP contribution >= 0.6 is 0 Å². The lowest BCUT2D eigenvalue weighted by Crippen LogP contribution is -2.30. The third-order valence-corrected chi connectivity index (χ3v) is 3.86. The molecular weight excluding hydrogens is 250 g/mol. The molecule has 2 rings (SSSR count). The number of hydrogen-bond acceptors (Lipinski definition) is 2. The lowest BCUT2D eigenvalue weighted by atomic mass is 10.0. The fourth-order valence-corrected chi connectivity index (χ4v) is 2.84. The first-order valence-corrected chi connectivity index (χ1v) is 7.63. The normalized spacial score (nSPS) is 13.9. The van der Waals surface area contributed by atoms with Crippen LogP contribution in [0.25, 0.3) is 0 Å². The van der Waals surface area contributed by atoms with Gasteiger partial charge in [-0.25, -0.2) is 4.79 Å². The fraction of sp³-hybridized carbons (Fsp3) is 0.562. The van der Waals surface area contributed by atoms with Gasteiger partial charge in [-0.1, -0.05) is 31.0 Å². The zero-order valence-corrected chi connectivity index (χ0v) is 12.1. The molecule has 3 N–H and O–H groups in total. The average molecular weight is 275 g/mol. The van der Waals surface area contributed by atoms with Crippen molar-refractivity contribution in [2.45, 2.75) is 38.5 Å². The molecule has 0 bridgehead atoms. The number of unbranched alkanes of at least 4 members (excludes halogenated alkanes) is 3. The molecule has 0 fully saturated rings. The Hall–Kier alpha value is -1.71. The molecule has 1 aliphatic rings. The summed E-state index contributed by atoms with van der Waals surface area (Å²) >= 11 is 0. The van der Waals surface area contributed by atoms with Gasteiger partial charge in [-0.15, -0.1) is 0 Å². The predicted octanol–water partition coefficient (Wildman–Crippen LogP) is 2.67. The van der Waals surface area contributed by atoms with Crippen molar-refractivity contribution in [2.24, 2.45) is 5.73 Å². The summed E-state index contributed by atoms with van der Waals surface area (Å²) in [6, 6.07) is 8.33. The van der Waals surface area contributed by atoms with Gasteiger partial charge in [-0.05, 0) is 37.3 Å². The number of benzene rings is 1. The minimum Gasteiger partial charge on any atom is -0.371 e. The molecule has 4 nitrogen and oxygen atoms in total. The van der Waals surface area contributed by atoms with Crippen molar-refractivity contribution in [2.75, 3.05) is 24.5 Å². The van der Waals surface area contributed by atoms with Gasteiger partial charge in [-0.2, -0.15) is 0 Å². The topological polar surface area (TPSA) is 58.4 Å². The molecule has 20 heavy (non-hydrogen) atoms. The van der Waals surface area contributed by atoms with E-state index in [4.69, 9.17) is 5.73 Å². The maximum Gasteiger partial charge on any atom is 0.312 e. The highest BCUT2D eigenvalue weighted by molar-refractivity contribution is 5.71. The molecule has 0 unspecified atom stereocenters. The molecule has 0 atom stereocenters. The first kappa shape index (κ1) is 14.7. The number of hydrogen-bond donors (Lipinski definition) is 2. The number of carbonyl (C=O) groups is 1. The Balaban J connectivity index is 1.64. The van der Waals surface area contributed by atoms with Crippen LogP contribution in [0.5, 0.6) is 0 Å². The summed E-state index contributed by atoms with van der Waals surface area (Å²) in [7, 11) is 0. The Kier molecular flexibility index (Phi) is 5.71. The lowest BCUT2D eigenvalue weighted by molar-refractivity contribution is 0.248. The number of primary amides is 1. The highest BCUT2D eigenvalue weighted by Crippen LogP contribution is 2.26. The van der Waals surface area contributed by atoms with Gasteiger partial charge in [0.2, 0.25) is 0 Å². The van der Waals surface area contributed by atoms with Crippen LogP contribution in [0.2, 0.25) is 0 Å². The number of para-hydroxylation sites is 1. The van der Waals surface area contributed by atoms with Crippen molar-refractivity contribution in [3.8, 4) is 0 Å². The molecular formula is C16H25N3O. The number of aryl methyl sites for hydroxylation is 1. The van der Waals surface area contributed by atoms with Crippen molar-refractivity contribution < 1.29 is 4.79 Å². The van der Waals surface area contributed by atoms with Crippen molar-refractivity contribution >= 4 is 11.7 Å². The second-order valence-corrected chi connectivity index (χ2v) is 5.42. The van der Waals surface area contributed by atoms with Gasteiger partial charge >= 0.3 is 6.03 Å².